The van der Waals surface area contributed by atoms with E-state index in [-0.39, 0.29) is 5.91 Å². The normalized spacial score (nSPS) is 10.7. The number of carbonyl (C=O) groups excluding carboxylic acids is 2. The van der Waals surface area contributed by atoms with Crippen molar-refractivity contribution in [2.75, 3.05) is 7.11 Å². The molecule has 0 unspecified atom stereocenters. The molecule has 1 N–H and O–H groups in total. The molecule has 152 valence electrons. The van der Waals surface area contributed by atoms with E-state index >= 15 is 0 Å². The molecular weight excluding hydrogens is 396 g/mol. The van der Waals surface area contributed by atoms with Crippen LogP contribution in [0.25, 0.3) is 0 Å². The second-order valence-electron chi connectivity index (χ2n) is 6.49. The first-order valence-corrected chi connectivity index (χ1v) is 10.5. The minimum absolute atomic E-state index is 0.277. The Morgan fingerprint density at radius 1 is 0.867 bits per heavy atom. The predicted octanol–water partition coefficient (Wildman–Crippen LogP) is 4.67. The van der Waals surface area contributed by atoms with Crippen molar-refractivity contribution in [3.63, 3.8) is 0 Å². The highest BCUT2D eigenvalue weighted by Crippen LogP contribution is 2.18. The van der Waals surface area contributed by atoms with E-state index in [1.807, 2.05) is 42.1 Å². The van der Waals surface area contributed by atoms with Gasteiger partial charge in [0.25, 0.3) is 5.91 Å². The number of esters is 1. The maximum Gasteiger partial charge on any atom is 0.337 e. The van der Waals surface area contributed by atoms with Gasteiger partial charge < -0.3 is 4.74 Å². The van der Waals surface area contributed by atoms with E-state index in [1.54, 1.807) is 36.4 Å². The number of ether oxygens (including phenoxy) is 1. The molecule has 3 rings (SSSR count). The lowest BCUT2D eigenvalue weighted by Gasteiger charge is -2.04. The second kappa shape index (κ2) is 11.0. The average Bonchev–Trinajstić information content (AvgIpc) is 2.80. The first kappa shape index (κ1) is 21.3. The quantitative estimate of drug-likeness (QED) is 0.328. The number of nitrogens with zero attached hydrogens (tertiary/aromatic N) is 1. The van der Waals surface area contributed by atoms with Crippen LogP contribution in [0, 0.1) is 0 Å². The van der Waals surface area contributed by atoms with E-state index in [2.05, 4.69) is 27.4 Å². The number of methoxy groups -OCH3 is 1. The maximum atomic E-state index is 12.2. The molecule has 0 aromatic heterocycles. The summed E-state index contributed by atoms with van der Waals surface area (Å²) in [5, 5.41) is 3.97. The first-order valence-electron chi connectivity index (χ1n) is 9.38. The van der Waals surface area contributed by atoms with Gasteiger partial charge >= 0.3 is 5.97 Å². The fourth-order valence-corrected chi connectivity index (χ4v) is 3.62. The second-order valence-corrected chi connectivity index (χ2v) is 7.47. The molecule has 0 saturated heterocycles. The predicted molar refractivity (Wildman–Crippen MR) is 121 cm³/mol. The third kappa shape index (κ3) is 6.32. The van der Waals surface area contributed by atoms with Crippen LogP contribution in [-0.2, 0) is 16.2 Å². The zero-order valence-electron chi connectivity index (χ0n) is 16.6. The third-order valence-corrected chi connectivity index (χ3v) is 5.38. The highest BCUT2D eigenvalue weighted by atomic mass is 32.2. The average molecular weight is 419 g/mol. The summed E-state index contributed by atoms with van der Waals surface area (Å²) >= 11 is 1.84. The van der Waals surface area contributed by atoms with Crippen LogP contribution in [0.4, 0.5) is 0 Å². The summed E-state index contributed by atoms with van der Waals surface area (Å²) in [7, 11) is 1.34. The van der Waals surface area contributed by atoms with Gasteiger partial charge in [-0.3, -0.25) is 4.79 Å². The van der Waals surface area contributed by atoms with Gasteiger partial charge in [-0.2, -0.15) is 16.9 Å². The molecule has 30 heavy (non-hydrogen) atoms. The molecule has 0 fully saturated rings. The standard InChI is InChI=1S/C24H22N2O3S/c1-29-24(28)22-13-7-18(8-14-22)15-25-26-23(27)21-11-9-20(10-12-21)17-30-16-19-5-3-2-4-6-19/h2-15H,16-17H2,1H3,(H,26,27)/b25-15-. The largest absolute Gasteiger partial charge is 0.465 e. The van der Waals surface area contributed by atoms with Crippen LogP contribution in [0.15, 0.2) is 84.0 Å². The van der Waals surface area contributed by atoms with Gasteiger partial charge in [-0.15, -0.1) is 0 Å². The van der Waals surface area contributed by atoms with Crippen molar-refractivity contribution in [2.45, 2.75) is 11.5 Å². The lowest BCUT2D eigenvalue weighted by molar-refractivity contribution is 0.0600. The number of hydrogen-bond donors (Lipinski definition) is 1. The molecule has 3 aromatic carbocycles. The van der Waals surface area contributed by atoms with Crippen LogP contribution in [0.3, 0.4) is 0 Å². The zero-order chi connectivity index (χ0) is 21.2. The van der Waals surface area contributed by atoms with Crippen molar-refractivity contribution in [3.8, 4) is 0 Å². The number of carbonyl (C=O) groups is 2. The molecular formula is C24H22N2O3S. The molecule has 0 radical (unpaired) electrons. The van der Waals surface area contributed by atoms with Gasteiger partial charge in [0, 0.05) is 17.1 Å². The summed E-state index contributed by atoms with van der Waals surface area (Å²) in [5.74, 6) is 1.17. The summed E-state index contributed by atoms with van der Waals surface area (Å²) in [4.78, 5) is 23.7. The monoisotopic (exact) mass is 418 g/mol. The number of benzene rings is 3. The van der Waals surface area contributed by atoms with Gasteiger partial charge in [0.1, 0.15) is 0 Å². The van der Waals surface area contributed by atoms with E-state index in [4.69, 9.17) is 0 Å². The van der Waals surface area contributed by atoms with Gasteiger partial charge in [-0.25, -0.2) is 10.2 Å². The lowest BCUT2D eigenvalue weighted by Crippen LogP contribution is -2.17. The molecule has 5 nitrogen and oxygen atoms in total. The number of thioether (sulfide) groups is 1. The van der Waals surface area contributed by atoms with Crippen molar-refractivity contribution < 1.29 is 14.3 Å². The topological polar surface area (TPSA) is 67.8 Å². The number of nitrogens with one attached hydrogen (secondary N) is 1. The molecule has 0 heterocycles. The highest BCUT2D eigenvalue weighted by Gasteiger charge is 2.05. The third-order valence-electron chi connectivity index (χ3n) is 4.31. The van der Waals surface area contributed by atoms with Crippen molar-refractivity contribution in [1.29, 1.82) is 0 Å². The minimum atomic E-state index is -0.395. The first-order chi connectivity index (χ1) is 14.7. The summed E-state index contributed by atoms with van der Waals surface area (Å²) in [5.41, 5.74) is 6.75. The maximum absolute atomic E-state index is 12.2. The van der Waals surface area contributed by atoms with Crippen molar-refractivity contribution in [3.05, 3.63) is 107 Å². The Bertz CT molecular complexity index is 1000. The Hall–Kier alpha value is -3.38. The number of hydrogen-bond acceptors (Lipinski definition) is 5. The molecule has 0 aliphatic carbocycles. The van der Waals surface area contributed by atoms with E-state index in [1.165, 1.54) is 24.5 Å². The van der Waals surface area contributed by atoms with Gasteiger partial charge in [-0.1, -0.05) is 54.6 Å². The molecule has 0 spiro atoms. The molecule has 0 atom stereocenters. The number of rotatable bonds is 8. The van der Waals surface area contributed by atoms with Gasteiger partial charge in [-0.05, 0) is 41.0 Å². The van der Waals surface area contributed by atoms with Crippen LogP contribution in [0.2, 0.25) is 0 Å². The van der Waals surface area contributed by atoms with E-state index in [0.717, 1.165) is 17.1 Å². The fraction of sp³-hybridized carbons (Fsp3) is 0.125. The Morgan fingerprint density at radius 2 is 1.47 bits per heavy atom. The Kier molecular flexibility index (Phi) is 7.80. The fourth-order valence-electron chi connectivity index (χ4n) is 2.67. The van der Waals surface area contributed by atoms with Gasteiger partial charge in [0.15, 0.2) is 0 Å². The van der Waals surface area contributed by atoms with Crippen LogP contribution >= 0.6 is 11.8 Å². The van der Waals surface area contributed by atoms with Gasteiger partial charge in [0.05, 0.1) is 18.9 Å². The summed E-state index contributed by atoms with van der Waals surface area (Å²) in [6, 6.07) is 24.6. The van der Waals surface area contributed by atoms with Crippen LogP contribution in [-0.4, -0.2) is 25.2 Å². The van der Waals surface area contributed by atoms with Crippen molar-refractivity contribution in [1.82, 2.24) is 5.43 Å². The van der Waals surface area contributed by atoms with Crippen LogP contribution in [0.1, 0.15) is 37.4 Å². The molecule has 0 bridgehead atoms. The van der Waals surface area contributed by atoms with E-state index in [0.29, 0.717) is 11.1 Å². The van der Waals surface area contributed by atoms with Crippen LogP contribution in [0.5, 0.6) is 0 Å². The molecule has 6 heteroatoms. The summed E-state index contributed by atoms with van der Waals surface area (Å²) in [6.07, 6.45) is 1.52. The molecule has 3 aromatic rings. The minimum Gasteiger partial charge on any atom is -0.465 e. The highest BCUT2D eigenvalue weighted by molar-refractivity contribution is 7.97. The smallest absolute Gasteiger partial charge is 0.337 e. The number of amides is 1. The Balaban J connectivity index is 1.47. The Labute approximate surface area is 180 Å². The van der Waals surface area contributed by atoms with Crippen LogP contribution < -0.4 is 5.43 Å². The van der Waals surface area contributed by atoms with Crippen molar-refractivity contribution >= 4 is 29.9 Å². The zero-order valence-corrected chi connectivity index (χ0v) is 17.4. The van der Waals surface area contributed by atoms with Gasteiger partial charge in [0.2, 0.25) is 0 Å². The summed E-state index contributed by atoms with van der Waals surface area (Å²) in [6.45, 7) is 0. The molecule has 1 amide bonds. The lowest BCUT2D eigenvalue weighted by atomic mass is 10.1. The molecule has 0 aliphatic rings. The summed E-state index contributed by atoms with van der Waals surface area (Å²) < 4.78 is 4.66. The number of hydrazone groups is 1. The van der Waals surface area contributed by atoms with E-state index < -0.39 is 5.97 Å². The van der Waals surface area contributed by atoms with E-state index in [9.17, 15) is 9.59 Å². The SMILES string of the molecule is COC(=O)c1ccc(/C=N\NC(=O)c2ccc(CSCc3ccccc3)cc2)cc1. The van der Waals surface area contributed by atoms with Crippen molar-refractivity contribution in [2.24, 2.45) is 5.10 Å². The molecule has 0 saturated carbocycles. The molecule has 0 aliphatic heterocycles. The Morgan fingerprint density at radius 3 is 2.10 bits per heavy atom.